The van der Waals surface area contributed by atoms with Gasteiger partial charge in [0.15, 0.2) is 16.7 Å². The molecule has 1 saturated heterocycles. The maximum absolute atomic E-state index is 11.5. The van der Waals surface area contributed by atoms with E-state index in [4.69, 9.17) is 27.9 Å². The largest absolute Gasteiger partial charge is 0.490 e. The van der Waals surface area contributed by atoms with Crippen molar-refractivity contribution in [3.8, 4) is 5.75 Å². The molecule has 1 fully saturated rings. The van der Waals surface area contributed by atoms with Gasteiger partial charge in [0.25, 0.3) is 0 Å². The standard InChI is InChI=1S/C10H14Cl2N4O3S/c1-19-7-8(11)13-10(12)14-9(7)15-3-5-16(6-4-15)20(2,17)18/h3-6H2,1-2H3. The van der Waals surface area contributed by atoms with Crippen LogP contribution in [0.1, 0.15) is 0 Å². The minimum absolute atomic E-state index is 0.0244. The minimum atomic E-state index is -3.17. The lowest BCUT2D eigenvalue weighted by Crippen LogP contribution is -2.48. The van der Waals surface area contributed by atoms with Gasteiger partial charge in [0.2, 0.25) is 15.3 Å². The fourth-order valence-corrected chi connectivity index (χ4v) is 3.28. The van der Waals surface area contributed by atoms with Crippen LogP contribution in [-0.2, 0) is 10.0 Å². The average molecular weight is 341 g/mol. The summed E-state index contributed by atoms with van der Waals surface area (Å²) in [5, 5.41) is 0.157. The minimum Gasteiger partial charge on any atom is -0.490 e. The van der Waals surface area contributed by atoms with Crippen LogP contribution in [0.5, 0.6) is 5.75 Å². The highest BCUT2D eigenvalue weighted by Crippen LogP contribution is 2.34. The Morgan fingerprint density at radius 2 is 1.75 bits per heavy atom. The number of piperazine rings is 1. The second-order valence-electron chi connectivity index (χ2n) is 4.29. The fraction of sp³-hybridized carbons (Fsp3) is 0.600. The Kier molecular flexibility index (Phi) is 4.58. The molecule has 0 bridgehead atoms. The second kappa shape index (κ2) is 5.88. The third-order valence-electron chi connectivity index (χ3n) is 2.99. The van der Waals surface area contributed by atoms with Gasteiger partial charge >= 0.3 is 0 Å². The Morgan fingerprint density at radius 1 is 1.15 bits per heavy atom. The van der Waals surface area contributed by atoms with Gasteiger partial charge in [0.1, 0.15) is 0 Å². The van der Waals surface area contributed by atoms with Crippen molar-refractivity contribution in [1.82, 2.24) is 14.3 Å². The van der Waals surface area contributed by atoms with Crippen LogP contribution in [-0.4, -0.2) is 62.2 Å². The van der Waals surface area contributed by atoms with Crippen LogP contribution in [0.4, 0.5) is 5.82 Å². The molecule has 0 amide bonds. The Bertz CT molecular complexity index is 603. The van der Waals surface area contributed by atoms with Gasteiger partial charge in [0.05, 0.1) is 13.4 Å². The van der Waals surface area contributed by atoms with Crippen LogP contribution >= 0.6 is 23.2 Å². The lowest BCUT2D eigenvalue weighted by molar-refractivity contribution is 0.378. The van der Waals surface area contributed by atoms with Gasteiger partial charge in [-0.1, -0.05) is 11.6 Å². The number of aromatic nitrogens is 2. The number of halogens is 2. The summed E-state index contributed by atoms with van der Waals surface area (Å²) >= 11 is 11.8. The molecule has 0 aliphatic carbocycles. The molecule has 0 N–H and O–H groups in total. The van der Waals surface area contributed by atoms with E-state index in [1.807, 2.05) is 4.90 Å². The van der Waals surface area contributed by atoms with E-state index in [-0.39, 0.29) is 10.4 Å². The molecule has 20 heavy (non-hydrogen) atoms. The highest BCUT2D eigenvalue weighted by Gasteiger charge is 2.27. The van der Waals surface area contributed by atoms with Crippen LogP contribution in [0.2, 0.25) is 10.4 Å². The summed E-state index contributed by atoms with van der Waals surface area (Å²) in [5.74, 6) is 0.814. The number of nitrogens with zero attached hydrogens (tertiary/aromatic N) is 4. The van der Waals surface area contributed by atoms with Gasteiger partial charge < -0.3 is 9.64 Å². The van der Waals surface area contributed by atoms with Crippen molar-refractivity contribution < 1.29 is 13.2 Å². The van der Waals surface area contributed by atoms with Gasteiger partial charge in [-0.3, -0.25) is 0 Å². The summed E-state index contributed by atoms with van der Waals surface area (Å²) in [4.78, 5) is 9.81. The zero-order valence-electron chi connectivity index (χ0n) is 11.0. The van der Waals surface area contributed by atoms with Crippen LogP contribution < -0.4 is 9.64 Å². The summed E-state index contributed by atoms with van der Waals surface area (Å²) in [7, 11) is -1.71. The van der Waals surface area contributed by atoms with Crippen molar-refractivity contribution >= 4 is 39.0 Å². The highest BCUT2D eigenvalue weighted by molar-refractivity contribution is 7.88. The Labute approximate surface area is 127 Å². The molecule has 0 saturated carbocycles. The summed E-state index contributed by atoms with van der Waals surface area (Å²) in [6.45, 7) is 1.71. The van der Waals surface area contributed by atoms with E-state index in [2.05, 4.69) is 9.97 Å². The predicted octanol–water partition coefficient (Wildman–Crippen LogP) is 0.874. The molecule has 1 aromatic heterocycles. The summed E-state index contributed by atoms with van der Waals surface area (Å²) in [6, 6.07) is 0. The summed E-state index contributed by atoms with van der Waals surface area (Å²) in [5.41, 5.74) is 0. The van der Waals surface area contributed by atoms with E-state index in [0.717, 1.165) is 0 Å². The van der Waals surface area contributed by atoms with E-state index >= 15 is 0 Å². The Morgan fingerprint density at radius 3 is 2.25 bits per heavy atom. The molecule has 2 rings (SSSR count). The quantitative estimate of drug-likeness (QED) is 0.600. The first-order valence-electron chi connectivity index (χ1n) is 5.80. The molecule has 112 valence electrons. The topological polar surface area (TPSA) is 75.6 Å². The zero-order chi connectivity index (χ0) is 14.9. The van der Waals surface area contributed by atoms with Gasteiger partial charge in [-0.25, -0.2) is 13.4 Å². The summed E-state index contributed by atoms with van der Waals surface area (Å²) in [6.07, 6.45) is 1.20. The number of rotatable bonds is 3. The first-order chi connectivity index (χ1) is 9.32. The van der Waals surface area contributed by atoms with Gasteiger partial charge in [0, 0.05) is 26.2 Å². The predicted molar refractivity (Wildman–Crippen MR) is 77.2 cm³/mol. The van der Waals surface area contributed by atoms with Crippen LogP contribution in [0.25, 0.3) is 0 Å². The number of anilines is 1. The van der Waals surface area contributed by atoms with Crippen molar-refractivity contribution in [2.24, 2.45) is 0 Å². The number of hydrogen-bond donors (Lipinski definition) is 0. The molecule has 1 aliphatic rings. The number of methoxy groups -OCH3 is 1. The lowest BCUT2D eigenvalue weighted by atomic mass is 10.3. The van der Waals surface area contributed by atoms with E-state index in [9.17, 15) is 8.42 Å². The maximum Gasteiger partial charge on any atom is 0.226 e. The first-order valence-corrected chi connectivity index (χ1v) is 8.40. The van der Waals surface area contributed by atoms with E-state index in [1.54, 1.807) is 0 Å². The Balaban J connectivity index is 2.23. The fourth-order valence-electron chi connectivity index (χ4n) is 2.01. The third kappa shape index (κ3) is 3.25. The van der Waals surface area contributed by atoms with E-state index < -0.39 is 10.0 Å². The van der Waals surface area contributed by atoms with Gasteiger partial charge in [-0.2, -0.15) is 9.29 Å². The van der Waals surface area contributed by atoms with Crippen LogP contribution in [0.3, 0.4) is 0 Å². The third-order valence-corrected chi connectivity index (χ3v) is 4.72. The lowest BCUT2D eigenvalue weighted by Gasteiger charge is -2.34. The van der Waals surface area contributed by atoms with Gasteiger partial charge in [-0.05, 0) is 11.6 Å². The summed E-state index contributed by atoms with van der Waals surface area (Å²) < 4.78 is 29.6. The average Bonchev–Trinajstić information content (AvgIpc) is 2.37. The first kappa shape index (κ1) is 15.6. The maximum atomic E-state index is 11.5. The van der Waals surface area contributed by atoms with Crippen molar-refractivity contribution in [2.75, 3.05) is 44.4 Å². The number of ether oxygens (including phenoxy) is 1. The van der Waals surface area contributed by atoms with Crippen molar-refractivity contribution in [3.05, 3.63) is 10.4 Å². The number of hydrogen-bond acceptors (Lipinski definition) is 6. The van der Waals surface area contributed by atoms with Crippen LogP contribution in [0, 0.1) is 0 Å². The Hall–Kier alpha value is -0.830. The smallest absolute Gasteiger partial charge is 0.226 e. The van der Waals surface area contributed by atoms with Gasteiger partial charge in [-0.15, -0.1) is 0 Å². The molecule has 0 spiro atoms. The highest BCUT2D eigenvalue weighted by atomic mass is 35.5. The molecule has 1 aromatic rings. The molecule has 0 unspecified atom stereocenters. The molecular weight excluding hydrogens is 327 g/mol. The molecule has 0 atom stereocenters. The van der Waals surface area contributed by atoms with Crippen LogP contribution in [0.15, 0.2) is 0 Å². The molecular formula is C10H14Cl2N4O3S. The normalized spacial score (nSPS) is 17.3. The van der Waals surface area contributed by atoms with E-state index in [0.29, 0.717) is 37.7 Å². The van der Waals surface area contributed by atoms with Crippen molar-refractivity contribution in [1.29, 1.82) is 0 Å². The monoisotopic (exact) mass is 340 g/mol. The molecule has 1 aliphatic heterocycles. The van der Waals surface area contributed by atoms with E-state index in [1.165, 1.54) is 17.7 Å². The second-order valence-corrected chi connectivity index (χ2v) is 6.97. The zero-order valence-corrected chi connectivity index (χ0v) is 13.3. The molecule has 2 heterocycles. The van der Waals surface area contributed by atoms with Crippen molar-refractivity contribution in [3.63, 3.8) is 0 Å². The van der Waals surface area contributed by atoms with Crippen molar-refractivity contribution in [2.45, 2.75) is 0 Å². The SMILES string of the molecule is COc1c(Cl)nc(Cl)nc1N1CCN(S(C)(=O)=O)CC1. The number of sulfonamides is 1. The molecule has 0 radical (unpaired) electrons. The molecule has 7 nitrogen and oxygen atoms in total. The molecule has 0 aromatic carbocycles. The molecule has 10 heteroatoms.